The van der Waals surface area contributed by atoms with Crippen molar-refractivity contribution >= 4 is 21.9 Å². The molecule has 0 aromatic heterocycles. The topological polar surface area (TPSA) is 104 Å². The minimum Gasteiger partial charge on any atom is -0.480 e. The molecule has 0 aliphatic heterocycles. The monoisotopic (exact) mass is 386 g/mol. The maximum atomic E-state index is 12.9. The molecule has 0 spiro atoms. The van der Waals surface area contributed by atoms with Crippen LogP contribution in [0.4, 0.5) is 4.39 Å². The molecule has 1 amide bonds. The number of aliphatic carboxylic acids is 1. The standard InChI is InChI=1S/C17H23FN2O5S/c1-3-4-6-15(17(22)23)19-16(21)7-5-12-20(2)26(24,25)14-10-8-13(18)9-11-14/h3,8-11,15H,1,4-7,12H2,2H3,(H,19,21)(H,22,23). The Morgan fingerprint density at radius 2 is 1.96 bits per heavy atom. The normalized spacial score (nSPS) is 12.6. The Morgan fingerprint density at radius 1 is 1.35 bits per heavy atom. The second-order valence-electron chi connectivity index (χ2n) is 5.71. The molecule has 2 N–H and O–H groups in total. The molecule has 9 heteroatoms. The fourth-order valence-corrected chi connectivity index (χ4v) is 3.39. The number of carbonyl (C=O) groups excluding carboxylic acids is 1. The van der Waals surface area contributed by atoms with Crippen LogP contribution in [0.1, 0.15) is 25.7 Å². The van der Waals surface area contributed by atoms with E-state index in [1.807, 2.05) is 0 Å². The lowest BCUT2D eigenvalue weighted by Gasteiger charge is -2.18. The average molecular weight is 386 g/mol. The second-order valence-corrected chi connectivity index (χ2v) is 7.75. The van der Waals surface area contributed by atoms with Gasteiger partial charge in [0, 0.05) is 20.0 Å². The zero-order chi connectivity index (χ0) is 19.7. The minimum absolute atomic E-state index is 0.0128. The van der Waals surface area contributed by atoms with Crippen LogP contribution < -0.4 is 5.32 Å². The number of halogens is 1. The van der Waals surface area contributed by atoms with Crippen LogP contribution in [-0.2, 0) is 19.6 Å². The van der Waals surface area contributed by atoms with Gasteiger partial charge in [0.05, 0.1) is 4.90 Å². The van der Waals surface area contributed by atoms with Crippen LogP contribution in [0, 0.1) is 5.82 Å². The molecule has 0 aliphatic carbocycles. The van der Waals surface area contributed by atoms with E-state index in [2.05, 4.69) is 11.9 Å². The van der Waals surface area contributed by atoms with Gasteiger partial charge in [0.2, 0.25) is 15.9 Å². The number of hydrogen-bond acceptors (Lipinski definition) is 4. The van der Waals surface area contributed by atoms with Crippen molar-refractivity contribution in [3.63, 3.8) is 0 Å². The number of carboxylic acid groups (broad SMARTS) is 1. The number of sulfonamides is 1. The molecular weight excluding hydrogens is 363 g/mol. The lowest BCUT2D eigenvalue weighted by molar-refractivity contribution is -0.142. The molecule has 1 unspecified atom stereocenters. The Morgan fingerprint density at radius 3 is 2.50 bits per heavy atom. The maximum Gasteiger partial charge on any atom is 0.326 e. The summed E-state index contributed by atoms with van der Waals surface area (Å²) < 4.78 is 38.6. The molecule has 0 saturated carbocycles. The summed E-state index contributed by atoms with van der Waals surface area (Å²) in [5, 5.41) is 11.5. The number of nitrogens with zero attached hydrogens (tertiary/aromatic N) is 1. The summed E-state index contributed by atoms with van der Waals surface area (Å²) in [6.45, 7) is 3.57. The van der Waals surface area contributed by atoms with E-state index in [9.17, 15) is 22.4 Å². The first-order valence-corrected chi connectivity index (χ1v) is 9.47. The molecular formula is C17H23FN2O5S. The summed E-state index contributed by atoms with van der Waals surface area (Å²) in [5.41, 5.74) is 0. The van der Waals surface area contributed by atoms with Crippen LogP contribution in [0.15, 0.2) is 41.8 Å². The molecule has 7 nitrogen and oxygen atoms in total. The van der Waals surface area contributed by atoms with Gasteiger partial charge < -0.3 is 10.4 Å². The predicted molar refractivity (Wildman–Crippen MR) is 94.4 cm³/mol. The second kappa shape index (κ2) is 10.0. The van der Waals surface area contributed by atoms with E-state index in [1.54, 1.807) is 6.08 Å². The van der Waals surface area contributed by atoms with Crippen LogP contribution >= 0.6 is 0 Å². The van der Waals surface area contributed by atoms with Gasteiger partial charge in [-0.05, 0) is 43.5 Å². The van der Waals surface area contributed by atoms with Crippen LogP contribution in [0.2, 0.25) is 0 Å². The zero-order valence-electron chi connectivity index (χ0n) is 14.5. The highest BCUT2D eigenvalue weighted by molar-refractivity contribution is 7.89. The van der Waals surface area contributed by atoms with Gasteiger partial charge in [-0.15, -0.1) is 6.58 Å². The van der Waals surface area contributed by atoms with Crippen molar-refractivity contribution < 1.29 is 27.5 Å². The third-order valence-electron chi connectivity index (χ3n) is 3.69. The molecule has 0 bridgehead atoms. The Hall–Kier alpha value is -2.26. The van der Waals surface area contributed by atoms with E-state index in [1.165, 1.54) is 19.2 Å². The summed E-state index contributed by atoms with van der Waals surface area (Å²) in [6.07, 6.45) is 2.47. The lowest BCUT2D eigenvalue weighted by atomic mass is 10.1. The van der Waals surface area contributed by atoms with E-state index in [-0.39, 0.29) is 30.7 Å². The fraction of sp³-hybridized carbons (Fsp3) is 0.412. The van der Waals surface area contributed by atoms with E-state index >= 15 is 0 Å². The molecule has 1 atom stereocenters. The number of rotatable bonds is 11. The molecule has 0 aliphatic rings. The number of allylic oxidation sites excluding steroid dienone is 1. The fourth-order valence-electron chi connectivity index (χ4n) is 2.18. The molecule has 1 rings (SSSR count). The van der Waals surface area contributed by atoms with Crippen molar-refractivity contribution in [3.8, 4) is 0 Å². The minimum atomic E-state index is -3.77. The van der Waals surface area contributed by atoms with Crippen LogP contribution in [0.3, 0.4) is 0 Å². The maximum absolute atomic E-state index is 12.9. The van der Waals surface area contributed by atoms with Gasteiger partial charge >= 0.3 is 5.97 Å². The van der Waals surface area contributed by atoms with E-state index in [0.29, 0.717) is 6.42 Å². The van der Waals surface area contributed by atoms with Crippen molar-refractivity contribution in [2.75, 3.05) is 13.6 Å². The first kappa shape index (κ1) is 21.8. The summed E-state index contributed by atoms with van der Waals surface area (Å²) in [5.74, 6) is -2.13. The van der Waals surface area contributed by atoms with Crippen molar-refractivity contribution in [1.29, 1.82) is 0 Å². The molecule has 144 valence electrons. The average Bonchev–Trinajstić information content (AvgIpc) is 2.58. The van der Waals surface area contributed by atoms with Crippen LogP contribution in [0.5, 0.6) is 0 Å². The predicted octanol–water partition coefficient (Wildman–Crippen LogP) is 1.76. The number of amides is 1. The van der Waals surface area contributed by atoms with Gasteiger partial charge in [-0.3, -0.25) is 4.79 Å². The number of benzene rings is 1. The van der Waals surface area contributed by atoms with Gasteiger partial charge in [-0.2, -0.15) is 0 Å². The number of carboxylic acids is 1. The van der Waals surface area contributed by atoms with Crippen molar-refractivity contribution in [2.45, 2.75) is 36.6 Å². The molecule has 1 aromatic rings. The van der Waals surface area contributed by atoms with Crippen molar-refractivity contribution in [2.24, 2.45) is 0 Å². The highest BCUT2D eigenvalue weighted by Gasteiger charge is 2.22. The van der Waals surface area contributed by atoms with Crippen LogP contribution in [0.25, 0.3) is 0 Å². The molecule has 0 fully saturated rings. The largest absolute Gasteiger partial charge is 0.480 e. The van der Waals surface area contributed by atoms with Gasteiger partial charge in [-0.1, -0.05) is 6.08 Å². The van der Waals surface area contributed by atoms with Gasteiger partial charge in [0.1, 0.15) is 11.9 Å². The lowest BCUT2D eigenvalue weighted by Crippen LogP contribution is -2.40. The number of hydrogen-bond donors (Lipinski definition) is 2. The first-order chi connectivity index (χ1) is 12.2. The summed E-state index contributed by atoms with van der Waals surface area (Å²) in [6, 6.07) is 3.46. The Kier molecular flexibility index (Phi) is 8.40. The SMILES string of the molecule is C=CCCC(NC(=O)CCCN(C)S(=O)(=O)c1ccc(F)cc1)C(=O)O. The zero-order valence-corrected chi connectivity index (χ0v) is 15.3. The Bertz CT molecular complexity index is 734. The van der Waals surface area contributed by atoms with Gasteiger partial charge in [0.25, 0.3) is 0 Å². The third kappa shape index (κ3) is 6.57. The number of carbonyl (C=O) groups is 2. The molecule has 0 saturated heterocycles. The van der Waals surface area contributed by atoms with E-state index < -0.39 is 33.8 Å². The molecule has 26 heavy (non-hydrogen) atoms. The molecule has 1 aromatic carbocycles. The Balaban J connectivity index is 2.52. The molecule has 0 radical (unpaired) electrons. The summed E-state index contributed by atoms with van der Waals surface area (Å²) in [7, 11) is -2.41. The quantitative estimate of drug-likeness (QED) is 0.564. The smallest absolute Gasteiger partial charge is 0.326 e. The number of nitrogens with one attached hydrogen (secondary N) is 1. The van der Waals surface area contributed by atoms with Crippen LogP contribution in [-0.4, -0.2) is 49.3 Å². The van der Waals surface area contributed by atoms with Crippen molar-refractivity contribution in [3.05, 3.63) is 42.7 Å². The summed E-state index contributed by atoms with van der Waals surface area (Å²) >= 11 is 0. The highest BCUT2D eigenvalue weighted by Crippen LogP contribution is 2.15. The highest BCUT2D eigenvalue weighted by atomic mass is 32.2. The first-order valence-electron chi connectivity index (χ1n) is 8.03. The van der Waals surface area contributed by atoms with E-state index in [4.69, 9.17) is 5.11 Å². The van der Waals surface area contributed by atoms with Crippen molar-refractivity contribution in [1.82, 2.24) is 9.62 Å². The third-order valence-corrected chi connectivity index (χ3v) is 5.56. The van der Waals surface area contributed by atoms with Gasteiger partial charge in [-0.25, -0.2) is 21.9 Å². The summed E-state index contributed by atoms with van der Waals surface area (Å²) in [4.78, 5) is 22.9. The van der Waals surface area contributed by atoms with E-state index in [0.717, 1.165) is 16.4 Å². The molecule has 0 heterocycles. The van der Waals surface area contributed by atoms with Gasteiger partial charge in [0.15, 0.2) is 0 Å². The Labute approximate surface area is 152 Å².